The van der Waals surface area contributed by atoms with Crippen LogP contribution in [-0.4, -0.2) is 137 Å². The van der Waals surface area contributed by atoms with Gasteiger partial charge in [0.15, 0.2) is 0 Å². The van der Waals surface area contributed by atoms with Crippen LogP contribution < -0.4 is 15.5 Å². The van der Waals surface area contributed by atoms with Crippen LogP contribution in [-0.2, 0) is 14.4 Å². The van der Waals surface area contributed by atoms with Crippen molar-refractivity contribution in [3.05, 3.63) is 24.3 Å². The van der Waals surface area contributed by atoms with Crippen molar-refractivity contribution >= 4 is 61.5 Å². The van der Waals surface area contributed by atoms with Crippen molar-refractivity contribution in [2.75, 3.05) is 26.4 Å². The Bertz CT molecular complexity index is 837. The molecule has 0 saturated carbocycles. The number of hydrogen-bond donors (Lipinski definition) is 4. The number of aliphatic hydroxyl groups excluding tert-OH is 2. The molecule has 0 rings (SSSR count). The van der Waals surface area contributed by atoms with E-state index in [4.69, 9.17) is 5.11 Å². The second-order valence-corrected chi connectivity index (χ2v) is 10.3. The molecule has 0 fully saturated rings. The third kappa shape index (κ3) is 27.7. The first-order chi connectivity index (χ1) is 19.8. The molecule has 4 atom stereocenters. The average molecular weight is 639 g/mol. The van der Waals surface area contributed by atoms with Gasteiger partial charge in [-0.3, -0.25) is 24.4 Å². The van der Waals surface area contributed by atoms with E-state index in [0.717, 1.165) is 25.7 Å². The maximum absolute atomic E-state index is 11.7. The van der Waals surface area contributed by atoms with Gasteiger partial charge in [-0.2, -0.15) is 0 Å². The van der Waals surface area contributed by atoms with Crippen LogP contribution in [0.25, 0.3) is 0 Å². The summed E-state index contributed by atoms with van der Waals surface area (Å²) in [5, 5.41) is 52.9. The zero-order valence-corrected chi connectivity index (χ0v) is 29.2. The molecule has 4 N–H and O–H groups in total. The van der Waals surface area contributed by atoms with Gasteiger partial charge >= 0.3 is 43.7 Å². The number of carbonyl (C=O) groups excluding carboxylic acids is 2. The molecule has 0 aliphatic carbocycles. The van der Waals surface area contributed by atoms with E-state index >= 15 is 0 Å². The number of aliphatic imine (C=N–C) groups is 1. The fourth-order valence-corrected chi connectivity index (χ4v) is 3.43. The van der Waals surface area contributed by atoms with Crippen LogP contribution in [0.15, 0.2) is 29.3 Å². The molecular formula is C30H54CaN4O8. The number of rotatable bonds is 22. The monoisotopic (exact) mass is 638 g/mol. The second-order valence-electron chi connectivity index (χ2n) is 10.3. The first kappa shape index (κ1) is 45.9. The molecule has 0 aliphatic heterocycles. The third-order valence-electron chi connectivity index (χ3n) is 6.01. The maximum atomic E-state index is 11.7. The number of aliphatic carboxylic acids is 2. The number of aliphatic hydroxyl groups is 2. The predicted octanol–water partition coefficient (Wildman–Crippen LogP) is 0.632. The molecule has 0 bridgehead atoms. The van der Waals surface area contributed by atoms with Crippen LogP contribution in [0.5, 0.6) is 0 Å². The number of hydrogen-bond acceptors (Lipinski definition) is 10. The summed E-state index contributed by atoms with van der Waals surface area (Å²) in [6, 6.07) is -1.66. The van der Waals surface area contributed by atoms with Gasteiger partial charge in [0, 0.05) is 25.6 Å². The molecule has 0 spiro atoms. The summed E-state index contributed by atoms with van der Waals surface area (Å²) >= 11 is 0. The molecule has 4 unspecified atom stereocenters. The van der Waals surface area contributed by atoms with Crippen LogP contribution in [0.3, 0.4) is 0 Å². The molecule has 0 aromatic rings. The Morgan fingerprint density at radius 3 is 1.70 bits per heavy atom. The Hall–Kier alpha value is -1.54. The topological polar surface area (TPSA) is 189 Å². The zero-order valence-electron chi connectivity index (χ0n) is 27.0. The molecular weight excluding hydrogens is 584 g/mol. The van der Waals surface area contributed by atoms with E-state index in [-0.39, 0.29) is 76.0 Å². The van der Waals surface area contributed by atoms with Gasteiger partial charge in [0.25, 0.3) is 0 Å². The first-order valence-corrected chi connectivity index (χ1v) is 14.8. The number of nitrogens with one attached hydrogen (secondary N) is 1. The zero-order chi connectivity index (χ0) is 32.5. The third-order valence-corrected chi connectivity index (χ3v) is 6.01. The van der Waals surface area contributed by atoms with Gasteiger partial charge in [-0.1, -0.05) is 51.0 Å². The SMILES string of the molecule is CCC/C=C/CCC(=O)NCN(CC(C)O)C(C)C(=O)O.CCC/C=C/CCC([O-])=NCN(CC(C)O)C(C)C(=O)[O-].[Ca+2]. The molecule has 13 heteroatoms. The van der Waals surface area contributed by atoms with Crippen molar-refractivity contribution in [3.8, 4) is 0 Å². The summed E-state index contributed by atoms with van der Waals surface area (Å²) < 4.78 is 0. The van der Waals surface area contributed by atoms with E-state index in [1.165, 1.54) is 23.6 Å². The number of carboxylic acid groups (broad SMARTS) is 2. The van der Waals surface area contributed by atoms with E-state index in [1.807, 2.05) is 18.2 Å². The smallest absolute Gasteiger partial charge is 0.862 e. The Morgan fingerprint density at radius 1 is 0.791 bits per heavy atom. The minimum absolute atomic E-state index is 0. The van der Waals surface area contributed by atoms with Crippen molar-refractivity contribution in [2.24, 2.45) is 4.99 Å². The number of allylic oxidation sites excluding steroid dienone is 4. The standard InChI is InChI=1S/2C15H28N2O4.Ca/c2*1-4-5-6-7-8-9-14(19)16-11-17(10-12(2)18)13(3)15(20)21;/h2*6-7,12-13,18H,4-5,8-11H2,1-3H3,(H,16,19)(H,20,21);/q;;+2/p-2/b2*7-6+;. The van der Waals surface area contributed by atoms with Crippen molar-refractivity contribution in [3.63, 3.8) is 0 Å². The van der Waals surface area contributed by atoms with E-state index < -0.39 is 36.2 Å². The number of carboxylic acids is 2. The molecule has 0 saturated heterocycles. The maximum Gasteiger partial charge on any atom is 2.00 e. The van der Waals surface area contributed by atoms with E-state index in [0.29, 0.717) is 25.7 Å². The molecule has 12 nitrogen and oxygen atoms in total. The molecule has 0 heterocycles. The van der Waals surface area contributed by atoms with Gasteiger partial charge in [0.1, 0.15) is 6.04 Å². The normalized spacial score (nSPS) is 14.6. The summed E-state index contributed by atoms with van der Waals surface area (Å²) in [4.78, 5) is 40.3. The number of nitrogens with zero attached hydrogens (tertiary/aromatic N) is 3. The molecule has 0 radical (unpaired) electrons. The van der Waals surface area contributed by atoms with Crippen molar-refractivity contribution in [1.82, 2.24) is 15.1 Å². The number of carbonyl (C=O) groups is 3. The second kappa shape index (κ2) is 29.2. The van der Waals surface area contributed by atoms with Crippen LogP contribution in [0.4, 0.5) is 0 Å². The van der Waals surface area contributed by atoms with Crippen LogP contribution in [0.2, 0.25) is 0 Å². The summed E-state index contributed by atoms with van der Waals surface area (Å²) in [7, 11) is 0. The molecule has 1 amide bonds. The van der Waals surface area contributed by atoms with Gasteiger partial charge in [-0.05, 0) is 65.7 Å². The fourth-order valence-electron chi connectivity index (χ4n) is 3.43. The van der Waals surface area contributed by atoms with Gasteiger partial charge in [0.05, 0.1) is 31.5 Å². The van der Waals surface area contributed by atoms with Crippen molar-refractivity contribution < 1.29 is 39.9 Å². The van der Waals surface area contributed by atoms with Crippen LogP contribution in [0.1, 0.15) is 92.9 Å². The van der Waals surface area contributed by atoms with Crippen LogP contribution in [0, 0.1) is 0 Å². The largest absolute Gasteiger partial charge is 2.00 e. The van der Waals surface area contributed by atoms with Crippen molar-refractivity contribution in [1.29, 1.82) is 0 Å². The number of amides is 1. The van der Waals surface area contributed by atoms with Crippen molar-refractivity contribution in [2.45, 2.75) is 117 Å². The number of unbranched alkanes of at least 4 members (excludes halogenated alkanes) is 2. The summed E-state index contributed by atoms with van der Waals surface area (Å²) in [5.41, 5.74) is 0. The fraction of sp³-hybridized carbons (Fsp3) is 0.733. The average Bonchev–Trinajstić information content (AvgIpc) is 2.92. The van der Waals surface area contributed by atoms with Gasteiger partial charge in [-0.15, -0.1) is 0 Å². The molecule has 244 valence electrons. The molecule has 0 aromatic heterocycles. The first-order valence-electron chi connectivity index (χ1n) is 14.8. The van der Waals surface area contributed by atoms with Gasteiger partial charge < -0.3 is 35.6 Å². The minimum atomic E-state index is -1.25. The Morgan fingerprint density at radius 2 is 1.26 bits per heavy atom. The minimum Gasteiger partial charge on any atom is -0.862 e. The Balaban J connectivity index is -0.000000727. The van der Waals surface area contributed by atoms with Crippen LogP contribution >= 0.6 is 0 Å². The van der Waals surface area contributed by atoms with Gasteiger partial charge in [0.2, 0.25) is 5.91 Å². The quantitative estimate of drug-likeness (QED) is 0.0430. The molecule has 0 aromatic carbocycles. The van der Waals surface area contributed by atoms with E-state index in [1.54, 1.807) is 13.8 Å². The summed E-state index contributed by atoms with van der Waals surface area (Å²) in [6.07, 6.45) is 12.8. The van der Waals surface area contributed by atoms with E-state index in [9.17, 15) is 34.8 Å². The predicted molar refractivity (Wildman–Crippen MR) is 166 cm³/mol. The molecule has 0 aliphatic rings. The Kier molecular flexibility index (Phi) is 31.1. The Labute approximate surface area is 287 Å². The van der Waals surface area contributed by atoms with E-state index in [2.05, 4.69) is 30.2 Å². The molecule has 43 heavy (non-hydrogen) atoms. The van der Waals surface area contributed by atoms with Gasteiger partial charge in [-0.25, -0.2) is 0 Å². The summed E-state index contributed by atoms with van der Waals surface area (Å²) in [5.74, 6) is -2.62. The summed E-state index contributed by atoms with van der Waals surface area (Å²) in [6.45, 7) is 10.7.